The number of piperazine rings is 1. The van der Waals surface area contributed by atoms with Crippen LogP contribution in [0, 0.1) is 0 Å². The molecule has 0 radical (unpaired) electrons. The molecule has 0 spiro atoms. The van der Waals surface area contributed by atoms with Crippen LogP contribution in [0.2, 0.25) is 5.02 Å². The SMILES string of the molecule is O=C(c1ccco1)N1CCN(c2nc(C3CC3)nc3c2cnn3-c2ccccc2Cl)CC1. The lowest BCUT2D eigenvalue weighted by Gasteiger charge is -2.35. The number of carbonyl (C=O) groups excluding carboxylic acids is 1. The molecule has 1 amide bonds. The summed E-state index contributed by atoms with van der Waals surface area (Å²) in [5.41, 5.74) is 1.56. The van der Waals surface area contributed by atoms with Crippen molar-refractivity contribution in [2.75, 3.05) is 31.1 Å². The van der Waals surface area contributed by atoms with Gasteiger partial charge < -0.3 is 14.2 Å². The maximum atomic E-state index is 12.6. The number of nitrogens with zero attached hydrogens (tertiary/aromatic N) is 6. The zero-order valence-electron chi connectivity index (χ0n) is 17.3. The van der Waals surface area contributed by atoms with Crippen LogP contribution in [0.25, 0.3) is 16.7 Å². The number of hydrogen-bond acceptors (Lipinski definition) is 6. The molecule has 2 fully saturated rings. The summed E-state index contributed by atoms with van der Waals surface area (Å²) in [5.74, 6) is 2.43. The molecule has 4 aromatic rings. The molecule has 0 bridgehead atoms. The molecule has 0 N–H and O–H groups in total. The highest BCUT2D eigenvalue weighted by Crippen LogP contribution is 2.40. The number of hydrogen-bond donors (Lipinski definition) is 0. The Kier molecular flexibility index (Phi) is 4.61. The minimum atomic E-state index is -0.0762. The summed E-state index contributed by atoms with van der Waals surface area (Å²) in [5, 5.41) is 6.12. The Hall–Kier alpha value is -3.39. The number of rotatable bonds is 4. The van der Waals surface area contributed by atoms with Crippen LogP contribution < -0.4 is 4.90 Å². The van der Waals surface area contributed by atoms with Gasteiger partial charge in [-0.2, -0.15) is 5.10 Å². The number of furan rings is 1. The molecule has 1 saturated carbocycles. The molecule has 0 unspecified atom stereocenters. The fourth-order valence-electron chi connectivity index (χ4n) is 4.15. The highest BCUT2D eigenvalue weighted by Gasteiger charge is 2.31. The van der Waals surface area contributed by atoms with Crippen LogP contribution in [-0.4, -0.2) is 56.7 Å². The van der Waals surface area contributed by atoms with Crippen molar-refractivity contribution in [3.8, 4) is 5.69 Å². The van der Waals surface area contributed by atoms with Crippen molar-refractivity contribution in [3.63, 3.8) is 0 Å². The maximum Gasteiger partial charge on any atom is 0.289 e. The third-order valence-corrected chi connectivity index (χ3v) is 6.37. The van der Waals surface area contributed by atoms with Gasteiger partial charge in [0.05, 0.1) is 28.6 Å². The molecule has 3 aromatic heterocycles. The maximum absolute atomic E-state index is 12.6. The van der Waals surface area contributed by atoms with Gasteiger partial charge in [0, 0.05) is 32.1 Å². The van der Waals surface area contributed by atoms with Gasteiger partial charge in [0.2, 0.25) is 0 Å². The minimum Gasteiger partial charge on any atom is -0.459 e. The van der Waals surface area contributed by atoms with E-state index in [0.717, 1.165) is 41.2 Å². The van der Waals surface area contributed by atoms with E-state index in [-0.39, 0.29) is 5.91 Å². The van der Waals surface area contributed by atoms with Crippen LogP contribution >= 0.6 is 11.6 Å². The Labute approximate surface area is 189 Å². The highest BCUT2D eigenvalue weighted by atomic mass is 35.5. The van der Waals surface area contributed by atoms with Crippen molar-refractivity contribution in [3.05, 3.63) is 65.5 Å². The molecule has 1 aromatic carbocycles. The van der Waals surface area contributed by atoms with Crippen LogP contribution in [0.15, 0.2) is 53.3 Å². The average molecular weight is 449 g/mol. The largest absolute Gasteiger partial charge is 0.459 e. The van der Waals surface area contributed by atoms with Crippen molar-refractivity contribution in [1.29, 1.82) is 0 Å². The smallest absolute Gasteiger partial charge is 0.289 e. The van der Waals surface area contributed by atoms with E-state index in [2.05, 4.69) is 10.00 Å². The number of fused-ring (bicyclic) bond motifs is 1. The Bertz CT molecular complexity index is 1290. The average Bonchev–Trinajstić information content (AvgIpc) is 3.36. The Morgan fingerprint density at radius 1 is 1.03 bits per heavy atom. The van der Waals surface area contributed by atoms with Gasteiger partial charge in [0.25, 0.3) is 5.91 Å². The van der Waals surface area contributed by atoms with Crippen LogP contribution in [-0.2, 0) is 0 Å². The van der Waals surface area contributed by atoms with Gasteiger partial charge in [0.15, 0.2) is 11.4 Å². The van der Waals surface area contributed by atoms with Crippen LogP contribution in [0.5, 0.6) is 0 Å². The Morgan fingerprint density at radius 3 is 2.56 bits per heavy atom. The van der Waals surface area contributed by atoms with E-state index < -0.39 is 0 Å². The van der Waals surface area contributed by atoms with Crippen LogP contribution in [0.3, 0.4) is 0 Å². The summed E-state index contributed by atoms with van der Waals surface area (Å²) in [6.07, 6.45) is 5.55. The van der Waals surface area contributed by atoms with Crippen LogP contribution in [0.4, 0.5) is 5.82 Å². The predicted octanol–water partition coefficient (Wildman–Crippen LogP) is 3.90. The lowest BCUT2D eigenvalue weighted by Crippen LogP contribution is -2.49. The topological polar surface area (TPSA) is 80.3 Å². The van der Waals surface area contributed by atoms with E-state index in [4.69, 9.17) is 26.0 Å². The van der Waals surface area contributed by atoms with Gasteiger partial charge in [-0.3, -0.25) is 4.79 Å². The van der Waals surface area contributed by atoms with Crippen molar-refractivity contribution >= 4 is 34.4 Å². The quantitative estimate of drug-likeness (QED) is 0.471. The highest BCUT2D eigenvalue weighted by molar-refractivity contribution is 6.32. The van der Waals surface area contributed by atoms with Gasteiger partial charge in [-0.15, -0.1) is 0 Å². The van der Waals surface area contributed by atoms with Crippen molar-refractivity contribution in [1.82, 2.24) is 24.6 Å². The first kappa shape index (κ1) is 19.3. The number of amides is 1. The summed E-state index contributed by atoms with van der Waals surface area (Å²) >= 11 is 6.45. The number of carbonyl (C=O) groups is 1. The second-order valence-corrected chi connectivity index (χ2v) is 8.59. The van der Waals surface area contributed by atoms with Crippen molar-refractivity contribution < 1.29 is 9.21 Å². The molecular formula is C23H21ClN6O2. The van der Waals surface area contributed by atoms with E-state index in [1.54, 1.807) is 16.8 Å². The zero-order valence-corrected chi connectivity index (χ0v) is 18.1. The number of anilines is 1. The summed E-state index contributed by atoms with van der Waals surface area (Å²) in [6.45, 7) is 2.56. The molecule has 6 rings (SSSR count). The molecule has 1 saturated heterocycles. The molecule has 32 heavy (non-hydrogen) atoms. The molecule has 1 aliphatic heterocycles. The van der Waals surface area contributed by atoms with Gasteiger partial charge in [-0.1, -0.05) is 23.7 Å². The fraction of sp³-hybridized carbons (Fsp3) is 0.304. The molecule has 8 nitrogen and oxygen atoms in total. The van der Waals surface area contributed by atoms with Gasteiger partial charge in [-0.25, -0.2) is 14.6 Å². The first-order chi connectivity index (χ1) is 15.7. The van der Waals surface area contributed by atoms with Crippen molar-refractivity contribution in [2.45, 2.75) is 18.8 Å². The summed E-state index contributed by atoms with van der Waals surface area (Å²) < 4.78 is 7.07. The predicted molar refractivity (Wildman–Crippen MR) is 120 cm³/mol. The first-order valence-corrected chi connectivity index (χ1v) is 11.1. The Balaban J connectivity index is 1.34. The Morgan fingerprint density at radius 2 is 1.84 bits per heavy atom. The molecule has 2 aliphatic rings. The number of benzene rings is 1. The second kappa shape index (κ2) is 7.63. The van der Waals surface area contributed by atoms with Gasteiger partial charge in [-0.05, 0) is 37.1 Å². The zero-order chi connectivity index (χ0) is 21.7. The fourth-order valence-corrected chi connectivity index (χ4v) is 4.37. The standard InChI is InChI=1S/C23H21ClN6O2/c24-17-4-1-2-5-18(17)30-22-16(14-25-30)21(26-20(27-22)15-7-8-15)28-9-11-29(12-10-28)23(31)19-6-3-13-32-19/h1-6,13-15H,7-12H2. The lowest BCUT2D eigenvalue weighted by atomic mass is 10.2. The lowest BCUT2D eigenvalue weighted by molar-refractivity contribution is 0.0714. The first-order valence-electron chi connectivity index (χ1n) is 10.8. The molecule has 0 atom stereocenters. The third-order valence-electron chi connectivity index (χ3n) is 6.05. The number of para-hydroxylation sites is 1. The number of aromatic nitrogens is 4. The van der Waals surface area contributed by atoms with Crippen LogP contribution in [0.1, 0.15) is 35.1 Å². The molecule has 9 heteroatoms. The normalized spacial score (nSPS) is 16.7. The van der Waals surface area contributed by atoms with E-state index in [1.807, 2.05) is 35.4 Å². The van der Waals surface area contributed by atoms with E-state index >= 15 is 0 Å². The second-order valence-electron chi connectivity index (χ2n) is 8.18. The van der Waals surface area contributed by atoms with E-state index in [0.29, 0.717) is 42.9 Å². The monoisotopic (exact) mass is 448 g/mol. The van der Waals surface area contributed by atoms with Crippen molar-refractivity contribution in [2.24, 2.45) is 0 Å². The molecule has 162 valence electrons. The summed E-state index contributed by atoms with van der Waals surface area (Å²) in [6, 6.07) is 11.1. The van der Waals surface area contributed by atoms with Gasteiger partial charge in [0.1, 0.15) is 11.6 Å². The molecular weight excluding hydrogens is 428 g/mol. The van der Waals surface area contributed by atoms with E-state index in [1.165, 1.54) is 6.26 Å². The summed E-state index contributed by atoms with van der Waals surface area (Å²) in [7, 11) is 0. The minimum absolute atomic E-state index is 0.0762. The third kappa shape index (κ3) is 3.31. The van der Waals surface area contributed by atoms with Gasteiger partial charge >= 0.3 is 0 Å². The molecule has 4 heterocycles. The van der Waals surface area contributed by atoms with E-state index in [9.17, 15) is 4.79 Å². The number of halogens is 1. The summed E-state index contributed by atoms with van der Waals surface area (Å²) in [4.78, 5) is 26.5. The molecule has 1 aliphatic carbocycles.